The monoisotopic (exact) mass is 287 g/mol. The first-order chi connectivity index (χ1) is 7.63. The lowest BCUT2D eigenvalue weighted by atomic mass is 10.3. The van der Waals surface area contributed by atoms with E-state index in [0.29, 0.717) is 17.6 Å². The van der Waals surface area contributed by atoms with Crippen LogP contribution in [0.15, 0.2) is 24.3 Å². The van der Waals surface area contributed by atoms with Gasteiger partial charge in [0.15, 0.2) is 0 Å². The Morgan fingerprint density at radius 2 is 2.00 bits per heavy atom. The van der Waals surface area contributed by atoms with Crippen molar-refractivity contribution < 1.29 is 9.72 Å². The number of nitro groups is 1. The molecule has 0 aromatic heterocycles. The molecule has 0 saturated heterocycles. The molecule has 86 valence electrons. The van der Waals surface area contributed by atoms with E-state index in [1.54, 1.807) is 0 Å². The van der Waals surface area contributed by atoms with E-state index in [9.17, 15) is 14.9 Å². The normalized spacial score (nSPS) is 9.56. The number of nitrogens with zero attached hydrogens (tertiary/aromatic N) is 1. The van der Waals surface area contributed by atoms with Crippen molar-refractivity contribution in [3.05, 3.63) is 34.4 Å². The molecular weight excluding hydrogens is 278 g/mol. The second kappa shape index (κ2) is 6.06. The highest BCUT2D eigenvalue weighted by molar-refractivity contribution is 9.09. The summed E-state index contributed by atoms with van der Waals surface area (Å²) in [5.74, 6) is 0. The summed E-state index contributed by atoms with van der Waals surface area (Å²) in [5.41, 5.74) is 0.504. The largest absolute Gasteiger partial charge is 0.337 e. The summed E-state index contributed by atoms with van der Waals surface area (Å²) in [5, 5.41) is 16.2. The number of carbonyl (C=O) groups excluding carboxylic acids is 1. The molecule has 0 heterocycles. The average molecular weight is 288 g/mol. The zero-order chi connectivity index (χ0) is 12.0. The van der Waals surface area contributed by atoms with Crippen LogP contribution in [0.5, 0.6) is 0 Å². The van der Waals surface area contributed by atoms with E-state index in [-0.39, 0.29) is 11.7 Å². The molecule has 1 aromatic carbocycles. The Morgan fingerprint density at radius 3 is 2.50 bits per heavy atom. The highest BCUT2D eigenvalue weighted by Crippen LogP contribution is 2.14. The zero-order valence-corrected chi connectivity index (χ0v) is 9.86. The van der Waals surface area contributed by atoms with Gasteiger partial charge in [0.1, 0.15) is 0 Å². The van der Waals surface area contributed by atoms with Crippen molar-refractivity contribution in [2.24, 2.45) is 0 Å². The van der Waals surface area contributed by atoms with Gasteiger partial charge in [-0.15, -0.1) is 0 Å². The molecule has 1 aromatic rings. The second-order valence-electron chi connectivity index (χ2n) is 2.87. The molecule has 2 amide bonds. The van der Waals surface area contributed by atoms with Gasteiger partial charge in [-0.2, -0.15) is 0 Å². The quantitative estimate of drug-likeness (QED) is 0.505. The predicted molar refractivity (Wildman–Crippen MR) is 63.9 cm³/mol. The van der Waals surface area contributed by atoms with Gasteiger partial charge in [-0.25, -0.2) is 4.79 Å². The van der Waals surface area contributed by atoms with E-state index in [0.717, 1.165) is 0 Å². The van der Waals surface area contributed by atoms with Crippen LogP contribution < -0.4 is 10.6 Å². The van der Waals surface area contributed by atoms with Gasteiger partial charge in [0.25, 0.3) is 5.69 Å². The fourth-order valence-electron chi connectivity index (χ4n) is 1.00. The van der Waals surface area contributed by atoms with Crippen molar-refractivity contribution in [2.45, 2.75) is 0 Å². The number of carbonyl (C=O) groups is 1. The van der Waals surface area contributed by atoms with Gasteiger partial charge in [0, 0.05) is 29.7 Å². The van der Waals surface area contributed by atoms with Gasteiger partial charge in [0.2, 0.25) is 0 Å². The van der Waals surface area contributed by atoms with E-state index in [1.807, 2.05) is 0 Å². The Bertz CT molecular complexity index is 380. The molecule has 7 heteroatoms. The molecule has 16 heavy (non-hydrogen) atoms. The van der Waals surface area contributed by atoms with Crippen molar-refractivity contribution in [3.8, 4) is 0 Å². The summed E-state index contributed by atoms with van der Waals surface area (Å²) in [4.78, 5) is 21.1. The van der Waals surface area contributed by atoms with Gasteiger partial charge >= 0.3 is 6.03 Å². The summed E-state index contributed by atoms with van der Waals surface area (Å²) < 4.78 is 0. The van der Waals surface area contributed by atoms with Crippen molar-refractivity contribution in [3.63, 3.8) is 0 Å². The van der Waals surface area contributed by atoms with Crippen LogP contribution in [0.3, 0.4) is 0 Å². The fourth-order valence-corrected chi connectivity index (χ4v) is 1.20. The minimum Gasteiger partial charge on any atom is -0.337 e. The Hall–Kier alpha value is -1.63. The zero-order valence-electron chi connectivity index (χ0n) is 8.27. The number of hydrogen-bond acceptors (Lipinski definition) is 3. The number of rotatable bonds is 4. The summed E-state index contributed by atoms with van der Waals surface area (Å²) in [7, 11) is 0. The second-order valence-corrected chi connectivity index (χ2v) is 3.67. The number of nitrogens with one attached hydrogen (secondary N) is 2. The van der Waals surface area contributed by atoms with E-state index in [4.69, 9.17) is 0 Å². The average Bonchev–Trinajstić information content (AvgIpc) is 2.27. The predicted octanol–water partition coefficient (Wildman–Crippen LogP) is 2.11. The third-order valence-electron chi connectivity index (χ3n) is 1.72. The van der Waals surface area contributed by atoms with Gasteiger partial charge < -0.3 is 10.6 Å². The van der Waals surface area contributed by atoms with Crippen LogP contribution in [0.25, 0.3) is 0 Å². The van der Waals surface area contributed by atoms with Crippen LogP contribution in [-0.2, 0) is 0 Å². The number of nitro benzene ring substituents is 1. The van der Waals surface area contributed by atoms with Crippen LogP contribution in [-0.4, -0.2) is 22.8 Å². The molecule has 0 atom stereocenters. The first kappa shape index (κ1) is 12.4. The molecule has 0 unspecified atom stereocenters. The van der Waals surface area contributed by atoms with Gasteiger partial charge in [-0.3, -0.25) is 10.1 Å². The lowest BCUT2D eigenvalue weighted by Gasteiger charge is -2.05. The van der Waals surface area contributed by atoms with Crippen molar-refractivity contribution in [1.82, 2.24) is 5.32 Å². The summed E-state index contributed by atoms with van der Waals surface area (Å²) in [6.45, 7) is 0.513. The third kappa shape index (κ3) is 3.85. The molecule has 0 radical (unpaired) electrons. The molecule has 0 fully saturated rings. The summed E-state index contributed by atoms with van der Waals surface area (Å²) >= 11 is 3.17. The minimum atomic E-state index is -0.491. The van der Waals surface area contributed by atoms with Crippen molar-refractivity contribution >= 4 is 33.3 Å². The Morgan fingerprint density at radius 1 is 1.38 bits per heavy atom. The number of halogens is 1. The number of amides is 2. The van der Waals surface area contributed by atoms with E-state index < -0.39 is 4.92 Å². The lowest BCUT2D eigenvalue weighted by molar-refractivity contribution is -0.384. The lowest BCUT2D eigenvalue weighted by Crippen LogP contribution is -2.30. The topological polar surface area (TPSA) is 84.3 Å². The Balaban J connectivity index is 2.55. The highest BCUT2D eigenvalue weighted by atomic mass is 79.9. The summed E-state index contributed by atoms with van der Waals surface area (Å²) in [6, 6.07) is 5.28. The minimum absolute atomic E-state index is 0.00795. The smallest absolute Gasteiger partial charge is 0.319 e. The molecule has 6 nitrogen and oxygen atoms in total. The Kier molecular flexibility index (Phi) is 4.71. The summed E-state index contributed by atoms with van der Waals surface area (Å²) in [6.07, 6.45) is 0. The first-order valence-electron chi connectivity index (χ1n) is 4.49. The third-order valence-corrected chi connectivity index (χ3v) is 2.11. The van der Waals surface area contributed by atoms with E-state index >= 15 is 0 Å². The molecule has 0 bridgehead atoms. The van der Waals surface area contributed by atoms with E-state index in [1.165, 1.54) is 24.3 Å². The molecule has 0 spiro atoms. The molecule has 0 aliphatic carbocycles. The van der Waals surface area contributed by atoms with Crippen molar-refractivity contribution in [2.75, 3.05) is 17.2 Å². The number of anilines is 1. The maximum atomic E-state index is 11.2. The Labute approximate surface area is 100 Å². The highest BCUT2D eigenvalue weighted by Gasteiger charge is 2.05. The molecule has 1 rings (SSSR count). The first-order valence-corrected chi connectivity index (χ1v) is 5.61. The number of urea groups is 1. The van der Waals surface area contributed by atoms with E-state index in [2.05, 4.69) is 26.6 Å². The molecule has 0 saturated carbocycles. The number of hydrogen-bond donors (Lipinski definition) is 2. The van der Waals surface area contributed by atoms with Crippen LogP contribution in [0.2, 0.25) is 0 Å². The number of non-ortho nitro benzene ring substituents is 1. The molecule has 2 N–H and O–H groups in total. The van der Waals surface area contributed by atoms with Crippen LogP contribution in [0.4, 0.5) is 16.2 Å². The molecule has 0 aliphatic rings. The maximum absolute atomic E-state index is 11.2. The SMILES string of the molecule is O=C(NCCBr)Nc1ccc([N+](=O)[O-])cc1. The number of benzene rings is 1. The molecule has 0 aliphatic heterocycles. The van der Waals surface area contributed by atoms with Gasteiger partial charge in [-0.1, -0.05) is 15.9 Å². The van der Waals surface area contributed by atoms with Crippen LogP contribution >= 0.6 is 15.9 Å². The fraction of sp³-hybridized carbons (Fsp3) is 0.222. The van der Waals surface area contributed by atoms with Crippen LogP contribution in [0.1, 0.15) is 0 Å². The molecular formula is C9H10BrN3O3. The standard InChI is InChI=1S/C9H10BrN3O3/c10-5-6-11-9(14)12-7-1-3-8(4-2-7)13(15)16/h1-4H,5-6H2,(H2,11,12,14). The maximum Gasteiger partial charge on any atom is 0.319 e. The van der Waals surface area contributed by atoms with Gasteiger partial charge in [-0.05, 0) is 12.1 Å². The van der Waals surface area contributed by atoms with Crippen LogP contribution in [0, 0.1) is 10.1 Å². The van der Waals surface area contributed by atoms with Crippen molar-refractivity contribution in [1.29, 1.82) is 0 Å². The number of alkyl halides is 1. The van der Waals surface area contributed by atoms with Gasteiger partial charge in [0.05, 0.1) is 4.92 Å².